The van der Waals surface area contributed by atoms with Gasteiger partial charge in [0, 0.05) is 48.9 Å². The minimum absolute atomic E-state index is 0.0580. The van der Waals surface area contributed by atoms with Gasteiger partial charge in [-0.25, -0.2) is 14.4 Å². The Morgan fingerprint density at radius 2 is 0.695 bits per heavy atom. The average molecular weight is 782 g/mol. The Balaban J connectivity index is 1.34. The molecule has 1 N–H and O–H groups in total. The second kappa shape index (κ2) is 16.7. The van der Waals surface area contributed by atoms with E-state index in [1.165, 1.54) is 12.1 Å². The van der Waals surface area contributed by atoms with E-state index in [1.807, 2.05) is 18.2 Å². The molecule has 0 amide bonds. The summed E-state index contributed by atoms with van der Waals surface area (Å²) in [5, 5.41) is 24.2. The minimum Gasteiger partial charge on any atom is -0.507 e. The number of nitro groups is 1. The summed E-state index contributed by atoms with van der Waals surface area (Å²) in [7, 11) is 0. The number of phenolic OH excluding ortho intramolecular Hbond substituents is 1. The van der Waals surface area contributed by atoms with Crippen LogP contribution < -0.4 is 14.2 Å². The normalized spacial score (nSPS) is 11.9. The van der Waals surface area contributed by atoms with Crippen LogP contribution >= 0.6 is 0 Å². The van der Waals surface area contributed by atoms with Crippen LogP contribution in [0, 0.1) is 10.1 Å². The van der Waals surface area contributed by atoms with Crippen LogP contribution in [0.3, 0.4) is 0 Å². The first-order chi connectivity index (χ1) is 28.7. The fourth-order valence-electron chi connectivity index (χ4n) is 7.26. The van der Waals surface area contributed by atoms with Gasteiger partial charge >= 0.3 is 17.9 Å². The molecule has 7 aromatic carbocycles. The third-order valence-corrected chi connectivity index (χ3v) is 10.1. The number of nitrogens with zero attached hydrogens (tertiary/aromatic N) is 1. The fraction of sp³-hybridized carbons (Fsp3) is 0.0816. The van der Waals surface area contributed by atoms with Crippen LogP contribution in [0.2, 0.25) is 0 Å². The van der Waals surface area contributed by atoms with Gasteiger partial charge in [0.1, 0.15) is 23.0 Å². The molecule has 0 unspecified atom stereocenters. The highest BCUT2D eigenvalue weighted by Gasteiger charge is 2.26. The monoisotopic (exact) mass is 781 g/mol. The molecule has 10 heteroatoms. The molecule has 0 radical (unpaired) electrons. The highest BCUT2D eigenvalue weighted by atomic mass is 16.6. The lowest BCUT2D eigenvalue weighted by Gasteiger charge is -2.21. The van der Waals surface area contributed by atoms with Crippen molar-refractivity contribution in [3.63, 3.8) is 0 Å². The van der Waals surface area contributed by atoms with Crippen molar-refractivity contribution in [2.24, 2.45) is 0 Å². The zero-order valence-corrected chi connectivity index (χ0v) is 31.5. The molecule has 290 valence electrons. The smallest absolute Gasteiger partial charge is 0.343 e. The number of non-ortho nitro benzene ring substituents is 1. The van der Waals surface area contributed by atoms with E-state index in [9.17, 15) is 29.6 Å². The summed E-state index contributed by atoms with van der Waals surface area (Å²) in [4.78, 5) is 52.9. The summed E-state index contributed by atoms with van der Waals surface area (Å²) in [6, 6.07) is 44.3. The first-order valence-corrected chi connectivity index (χ1v) is 18.8. The van der Waals surface area contributed by atoms with Crippen LogP contribution in [-0.2, 0) is 25.7 Å². The molecule has 0 aromatic heterocycles. The van der Waals surface area contributed by atoms with Crippen molar-refractivity contribution < 1.29 is 38.6 Å². The predicted octanol–water partition coefficient (Wildman–Crippen LogP) is 9.63. The first kappa shape index (κ1) is 38.0. The van der Waals surface area contributed by atoms with E-state index >= 15 is 0 Å². The number of para-hydroxylation sites is 3. The molecule has 8 bridgehead atoms. The molecule has 10 nitrogen and oxygen atoms in total. The summed E-state index contributed by atoms with van der Waals surface area (Å²) < 4.78 is 18.6. The maximum absolute atomic E-state index is 13.8. The summed E-state index contributed by atoms with van der Waals surface area (Å²) in [5.74, 6) is -1.35. The van der Waals surface area contributed by atoms with Gasteiger partial charge < -0.3 is 19.3 Å². The number of carbonyl (C=O) groups is 3. The zero-order valence-electron chi connectivity index (χ0n) is 31.5. The maximum Gasteiger partial charge on any atom is 0.343 e. The molecule has 0 saturated heterocycles. The number of fused-ring (bicyclic) bond motifs is 8. The Bertz CT molecular complexity index is 2580. The highest BCUT2D eigenvalue weighted by Crippen LogP contribution is 2.40. The van der Waals surface area contributed by atoms with Crippen molar-refractivity contribution in [1.29, 1.82) is 0 Å². The number of rotatable bonds is 7. The Morgan fingerprint density at radius 3 is 0.966 bits per heavy atom. The molecule has 1 aliphatic carbocycles. The highest BCUT2D eigenvalue weighted by molar-refractivity contribution is 5.93. The SMILES string of the molecule is O=C(Oc1c2cccc1Cc1cccc(c1OC(=O)c1ccccc1)Cc1cccc(c1OC(=O)c1ccccc1)Cc1cc([N+](=O)[O-])cc(c1O)C2)c1ccccc1. The maximum atomic E-state index is 13.8. The molecule has 8 rings (SSSR count). The number of carbonyl (C=O) groups excluding carboxylic acids is 3. The average Bonchev–Trinajstić information content (AvgIpc) is 3.25. The minimum atomic E-state index is -0.627. The van der Waals surface area contributed by atoms with E-state index in [1.54, 1.807) is 127 Å². The number of phenols is 1. The van der Waals surface area contributed by atoms with Gasteiger partial charge in [0.15, 0.2) is 0 Å². The molecule has 0 fully saturated rings. The van der Waals surface area contributed by atoms with Gasteiger partial charge in [0.2, 0.25) is 0 Å². The lowest BCUT2D eigenvalue weighted by Crippen LogP contribution is -2.15. The molecule has 59 heavy (non-hydrogen) atoms. The van der Waals surface area contributed by atoms with Crippen molar-refractivity contribution in [3.8, 4) is 23.0 Å². The number of benzene rings is 7. The quantitative estimate of drug-likeness (QED) is 0.0724. The van der Waals surface area contributed by atoms with Crippen molar-refractivity contribution >= 4 is 23.6 Å². The largest absolute Gasteiger partial charge is 0.507 e. The second-order valence-electron chi connectivity index (χ2n) is 14.1. The van der Waals surface area contributed by atoms with Gasteiger partial charge in [-0.05, 0) is 69.8 Å². The number of nitro benzene ring substituents is 1. The Labute approximate surface area is 339 Å². The van der Waals surface area contributed by atoms with Gasteiger partial charge in [0.05, 0.1) is 21.6 Å². The third-order valence-electron chi connectivity index (χ3n) is 10.1. The predicted molar refractivity (Wildman–Crippen MR) is 220 cm³/mol. The third kappa shape index (κ3) is 8.33. The Morgan fingerprint density at radius 1 is 0.424 bits per heavy atom. The number of esters is 3. The van der Waals surface area contributed by atoms with Crippen molar-refractivity contribution in [3.05, 3.63) is 229 Å². The van der Waals surface area contributed by atoms with E-state index in [0.717, 1.165) is 0 Å². The van der Waals surface area contributed by atoms with E-state index in [4.69, 9.17) is 14.2 Å². The summed E-state index contributed by atoms with van der Waals surface area (Å²) in [6.45, 7) is 0. The van der Waals surface area contributed by atoms with Crippen LogP contribution in [0.5, 0.6) is 23.0 Å². The first-order valence-electron chi connectivity index (χ1n) is 18.8. The molecule has 0 heterocycles. The van der Waals surface area contributed by atoms with Gasteiger partial charge in [-0.15, -0.1) is 0 Å². The van der Waals surface area contributed by atoms with Crippen molar-refractivity contribution in [2.75, 3.05) is 0 Å². The molecule has 0 spiro atoms. The molecule has 0 saturated carbocycles. The lowest BCUT2D eigenvalue weighted by molar-refractivity contribution is -0.385. The van der Waals surface area contributed by atoms with E-state index in [2.05, 4.69) is 0 Å². The molecule has 7 aromatic rings. The Kier molecular flexibility index (Phi) is 10.8. The topological polar surface area (TPSA) is 142 Å². The van der Waals surface area contributed by atoms with Crippen LogP contribution in [-0.4, -0.2) is 27.9 Å². The number of hydrogen-bond acceptors (Lipinski definition) is 9. The van der Waals surface area contributed by atoms with E-state index in [-0.39, 0.29) is 65.5 Å². The van der Waals surface area contributed by atoms with Crippen LogP contribution in [0.4, 0.5) is 5.69 Å². The van der Waals surface area contributed by atoms with Gasteiger partial charge in [-0.2, -0.15) is 0 Å². The van der Waals surface area contributed by atoms with Crippen molar-refractivity contribution in [2.45, 2.75) is 25.7 Å². The van der Waals surface area contributed by atoms with Gasteiger partial charge in [-0.3, -0.25) is 10.1 Å². The van der Waals surface area contributed by atoms with E-state index in [0.29, 0.717) is 50.1 Å². The van der Waals surface area contributed by atoms with E-state index < -0.39 is 22.8 Å². The van der Waals surface area contributed by atoms with Gasteiger partial charge in [0.25, 0.3) is 5.69 Å². The number of hydrogen-bond donors (Lipinski definition) is 1. The van der Waals surface area contributed by atoms with Crippen molar-refractivity contribution in [1.82, 2.24) is 0 Å². The Hall–Kier alpha value is -7.85. The molecular formula is C49H35NO9. The van der Waals surface area contributed by atoms with Crippen LogP contribution in [0.25, 0.3) is 0 Å². The lowest BCUT2D eigenvalue weighted by atomic mass is 9.91. The second-order valence-corrected chi connectivity index (χ2v) is 14.1. The molecular weight excluding hydrogens is 747 g/mol. The fourth-order valence-corrected chi connectivity index (χ4v) is 7.26. The zero-order chi connectivity index (χ0) is 40.9. The molecule has 0 atom stereocenters. The number of ether oxygens (including phenoxy) is 3. The number of aromatic hydroxyl groups is 1. The standard InChI is InChI=1S/C49H35NO9/c51-43-40-27-38-23-11-21-36(45(38)58-48(53)32-15-6-2-7-16-32)25-34-19-10-20-35(44(34)57-47(52)31-13-4-1-5-14-31)26-37-22-12-24-39(28-41(43)30-42(29-40)50(55)56)46(37)59-49(54)33-17-8-3-9-18-33/h1-24,29-30,51H,25-28H2. The van der Waals surface area contributed by atoms with Crippen LogP contribution in [0.1, 0.15) is 75.6 Å². The summed E-state index contributed by atoms with van der Waals surface area (Å²) >= 11 is 0. The molecule has 0 aliphatic heterocycles. The van der Waals surface area contributed by atoms with Crippen LogP contribution in [0.15, 0.2) is 158 Å². The summed E-state index contributed by atoms with van der Waals surface area (Å²) in [6.07, 6.45) is 0.131. The van der Waals surface area contributed by atoms with Gasteiger partial charge in [-0.1, -0.05) is 109 Å². The summed E-state index contributed by atoms with van der Waals surface area (Å²) in [5.41, 5.74) is 4.35. The molecule has 1 aliphatic rings.